The molecule has 0 heterocycles. The minimum Gasteiger partial charge on any atom is -0.488 e. The van der Waals surface area contributed by atoms with Gasteiger partial charge in [0.25, 0.3) is 0 Å². The van der Waals surface area contributed by atoms with Crippen molar-refractivity contribution in [1.29, 1.82) is 0 Å². The Morgan fingerprint density at radius 3 is 2.60 bits per heavy atom. The minimum absolute atomic E-state index is 0.0125. The van der Waals surface area contributed by atoms with Crippen molar-refractivity contribution in [1.82, 2.24) is 5.32 Å². The number of aliphatic hydroxyl groups excluding tert-OH is 1. The van der Waals surface area contributed by atoms with Crippen LogP contribution in [0.4, 0.5) is 0 Å². The molecule has 2 unspecified atom stereocenters. The van der Waals surface area contributed by atoms with Crippen molar-refractivity contribution < 1.29 is 9.84 Å². The molecule has 0 saturated carbocycles. The molecule has 1 aromatic carbocycles. The maximum Gasteiger partial charge on any atom is 0.123 e. The highest BCUT2D eigenvalue weighted by Gasteiger charge is 2.19. The molecule has 112 valence electrons. The van der Waals surface area contributed by atoms with Gasteiger partial charge in [0.15, 0.2) is 0 Å². The molecule has 2 N–H and O–H groups in total. The molecule has 0 fully saturated rings. The Labute approximate surface area is 122 Å². The second-order valence-electron chi connectivity index (χ2n) is 6.12. The topological polar surface area (TPSA) is 41.5 Å². The average molecular weight is 277 g/mol. The van der Waals surface area contributed by atoms with Crippen molar-refractivity contribution in [2.24, 2.45) is 0 Å². The Morgan fingerprint density at radius 2 is 2.00 bits per heavy atom. The van der Waals surface area contributed by atoms with E-state index in [4.69, 9.17) is 4.74 Å². The van der Waals surface area contributed by atoms with Crippen LogP contribution in [0.2, 0.25) is 0 Å². The summed E-state index contributed by atoms with van der Waals surface area (Å²) in [6.07, 6.45) is 1.80. The fourth-order valence-corrected chi connectivity index (χ4v) is 1.80. The number of aliphatic hydroxyl groups is 1. The van der Waals surface area contributed by atoms with E-state index in [1.54, 1.807) is 0 Å². The normalized spacial score (nSPS) is 14.7. The number of β-amino-alcohol motifs (C(OH)–C–C–N with tert-alkyl or cyclic N) is 1. The molecule has 0 bridgehead atoms. The molecule has 0 aliphatic heterocycles. The SMILES string of the molecule is C=CCc1ccccc1OC(C)C(O)CNC(C)(C)C. The van der Waals surface area contributed by atoms with E-state index in [2.05, 4.69) is 32.7 Å². The Bertz CT molecular complexity index is 423. The van der Waals surface area contributed by atoms with E-state index < -0.39 is 6.10 Å². The van der Waals surface area contributed by atoms with E-state index in [0.29, 0.717) is 6.54 Å². The van der Waals surface area contributed by atoms with Crippen molar-refractivity contribution in [2.75, 3.05) is 6.54 Å². The van der Waals surface area contributed by atoms with E-state index in [-0.39, 0.29) is 11.6 Å². The van der Waals surface area contributed by atoms with Gasteiger partial charge in [-0.2, -0.15) is 0 Å². The molecule has 2 atom stereocenters. The predicted octanol–water partition coefficient (Wildman–Crippen LogP) is 2.93. The number of nitrogens with one attached hydrogen (secondary N) is 1. The third kappa shape index (κ3) is 5.76. The summed E-state index contributed by atoms with van der Waals surface area (Å²) < 4.78 is 5.89. The number of rotatable bonds is 7. The molecule has 0 saturated heterocycles. The second kappa shape index (κ2) is 7.46. The molecule has 0 radical (unpaired) electrons. The summed E-state index contributed by atoms with van der Waals surface area (Å²) >= 11 is 0. The van der Waals surface area contributed by atoms with Crippen molar-refractivity contribution in [2.45, 2.75) is 51.9 Å². The molecule has 0 spiro atoms. The van der Waals surface area contributed by atoms with Crippen LogP contribution in [0.15, 0.2) is 36.9 Å². The van der Waals surface area contributed by atoms with Crippen LogP contribution < -0.4 is 10.1 Å². The third-order valence-corrected chi connectivity index (χ3v) is 3.03. The third-order valence-electron chi connectivity index (χ3n) is 3.03. The first kappa shape index (κ1) is 16.7. The van der Waals surface area contributed by atoms with Crippen LogP contribution >= 0.6 is 0 Å². The maximum absolute atomic E-state index is 10.2. The van der Waals surface area contributed by atoms with Gasteiger partial charge in [0, 0.05) is 12.1 Å². The van der Waals surface area contributed by atoms with E-state index in [1.807, 2.05) is 37.3 Å². The lowest BCUT2D eigenvalue weighted by molar-refractivity contribution is 0.0431. The lowest BCUT2D eigenvalue weighted by atomic mass is 10.1. The molecular formula is C17H27NO2. The van der Waals surface area contributed by atoms with Crippen LogP contribution in [0.25, 0.3) is 0 Å². The van der Waals surface area contributed by atoms with E-state index in [9.17, 15) is 5.11 Å². The molecule has 0 amide bonds. The first-order valence-corrected chi connectivity index (χ1v) is 7.12. The van der Waals surface area contributed by atoms with E-state index in [1.165, 1.54) is 0 Å². The lowest BCUT2D eigenvalue weighted by Gasteiger charge is -2.26. The molecule has 3 nitrogen and oxygen atoms in total. The fourth-order valence-electron chi connectivity index (χ4n) is 1.80. The number of benzene rings is 1. The monoisotopic (exact) mass is 277 g/mol. The summed E-state index contributed by atoms with van der Waals surface area (Å²) in [6, 6.07) is 7.87. The van der Waals surface area contributed by atoms with Gasteiger partial charge in [-0.25, -0.2) is 0 Å². The first-order valence-electron chi connectivity index (χ1n) is 7.12. The summed E-state index contributed by atoms with van der Waals surface area (Å²) in [5.41, 5.74) is 1.08. The highest BCUT2D eigenvalue weighted by Crippen LogP contribution is 2.21. The van der Waals surface area contributed by atoms with Gasteiger partial charge in [0.05, 0.1) is 0 Å². The Kier molecular flexibility index (Phi) is 6.24. The number of para-hydroxylation sites is 1. The predicted molar refractivity (Wildman–Crippen MR) is 84.2 cm³/mol. The smallest absolute Gasteiger partial charge is 0.123 e. The zero-order chi connectivity index (χ0) is 15.2. The molecule has 0 aliphatic rings. The molecule has 1 rings (SSSR count). The first-order chi connectivity index (χ1) is 9.33. The van der Waals surface area contributed by atoms with Crippen LogP contribution in [0.5, 0.6) is 5.75 Å². The highest BCUT2D eigenvalue weighted by atomic mass is 16.5. The summed E-state index contributed by atoms with van der Waals surface area (Å²) in [5, 5.41) is 13.4. The van der Waals surface area contributed by atoms with Crippen molar-refractivity contribution >= 4 is 0 Å². The summed E-state index contributed by atoms with van der Waals surface area (Å²) in [7, 11) is 0. The van der Waals surface area contributed by atoms with E-state index in [0.717, 1.165) is 17.7 Å². The van der Waals surface area contributed by atoms with Crippen LogP contribution in [-0.2, 0) is 6.42 Å². The van der Waals surface area contributed by atoms with Crippen molar-refractivity contribution in [3.63, 3.8) is 0 Å². The van der Waals surface area contributed by atoms with Gasteiger partial charge in [-0.15, -0.1) is 6.58 Å². The van der Waals surface area contributed by atoms with Gasteiger partial charge in [0.1, 0.15) is 18.0 Å². The highest BCUT2D eigenvalue weighted by molar-refractivity contribution is 5.34. The van der Waals surface area contributed by atoms with Crippen molar-refractivity contribution in [3.8, 4) is 5.75 Å². The lowest BCUT2D eigenvalue weighted by Crippen LogP contribution is -2.45. The molecular weight excluding hydrogens is 250 g/mol. The van der Waals surface area contributed by atoms with Crippen LogP contribution in [0.3, 0.4) is 0 Å². The molecule has 0 aromatic heterocycles. The van der Waals surface area contributed by atoms with Crippen molar-refractivity contribution in [3.05, 3.63) is 42.5 Å². The quantitative estimate of drug-likeness (QED) is 0.753. The number of ether oxygens (including phenoxy) is 1. The molecule has 20 heavy (non-hydrogen) atoms. The van der Waals surface area contributed by atoms with Gasteiger partial charge in [0.2, 0.25) is 0 Å². The minimum atomic E-state index is -0.550. The van der Waals surface area contributed by atoms with Crippen LogP contribution in [0.1, 0.15) is 33.3 Å². The number of allylic oxidation sites excluding steroid dienone is 1. The zero-order valence-electron chi connectivity index (χ0n) is 13.0. The molecule has 1 aromatic rings. The average Bonchev–Trinajstić information content (AvgIpc) is 2.37. The van der Waals surface area contributed by atoms with Gasteiger partial charge in [-0.3, -0.25) is 0 Å². The summed E-state index contributed by atoms with van der Waals surface area (Å²) in [6.45, 7) is 12.4. The summed E-state index contributed by atoms with van der Waals surface area (Å²) in [4.78, 5) is 0. The van der Waals surface area contributed by atoms with E-state index >= 15 is 0 Å². The molecule has 3 heteroatoms. The fraction of sp³-hybridized carbons (Fsp3) is 0.529. The Hall–Kier alpha value is -1.32. The van der Waals surface area contributed by atoms with Gasteiger partial charge >= 0.3 is 0 Å². The summed E-state index contributed by atoms with van der Waals surface area (Å²) in [5.74, 6) is 0.815. The maximum atomic E-state index is 10.2. The van der Waals surface area contributed by atoms with Gasteiger partial charge in [-0.1, -0.05) is 24.3 Å². The largest absolute Gasteiger partial charge is 0.488 e. The zero-order valence-corrected chi connectivity index (χ0v) is 13.0. The second-order valence-corrected chi connectivity index (χ2v) is 6.12. The van der Waals surface area contributed by atoms with Gasteiger partial charge < -0.3 is 15.2 Å². The van der Waals surface area contributed by atoms with Crippen LogP contribution in [-0.4, -0.2) is 29.4 Å². The molecule has 0 aliphatic carbocycles. The number of hydrogen-bond acceptors (Lipinski definition) is 3. The number of hydrogen-bond donors (Lipinski definition) is 2. The standard InChI is InChI=1S/C17H27NO2/c1-6-9-14-10-7-8-11-16(14)20-13(2)15(19)12-18-17(3,4)5/h6-8,10-11,13,15,18-19H,1,9,12H2,2-5H3. The Balaban J connectivity index is 2.61. The van der Waals surface area contributed by atoms with Crippen LogP contribution in [0, 0.1) is 0 Å². The van der Waals surface area contributed by atoms with Gasteiger partial charge in [-0.05, 0) is 45.7 Å². The Morgan fingerprint density at radius 1 is 1.35 bits per heavy atom.